The molecule has 0 bridgehead atoms. The number of allylic oxidation sites excluding steroid dienone is 2. The molecule has 188 valence electrons. The van der Waals surface area contributed by atoms with Crippen LogP contribution < -0.4 is 4.90 Å². The molecule has 3 rings (SSSR count). The van der Waals surface area contributed by atoms with E-state index in [0.29, 0.717) is 0 Å². The number of unbranched alkanes of at least 4 members (excludes halogenated alkanes) is 3. The van der Waals surface area contributed by atoms with E-state index in [1.165, 1.54) is 39.9 Å². The molecule has 2 aromatic carbocycles. The molecule has 1 aliphatic rings. The summed E-state index contributed by atoms with van der Waals surface area (Å²) in [6.07, 6.45) is 10.1. The summed E-state index contributed by atoms with van der Waals surface area (Å²) in [7, 11) is 0. The Morgan fingerprint density at radius 1 is 0.600 bits per heavy atom. The Morgan fingerprint density at radius 2 is 1.03 bits per heavy atom. The zero-order valence-electron chi connectivity index (χ0n) is 22.7. The highest BCUT2D eigenvalue weighted by atomic mass is 15.2. The molecule has 2 aromatic rings. The molecule has 0 unspecified atom stereocenters. The normalized spacial score (nSPS) is 13.8. The van der Waals surface area contributed by atoms with Gasteiger partial charge in [-0.1, -0.05) is 52.2 Å². The molecule has 0 saturated heterocycles. The minimum atomic E-state index is 0.973. The maximum absolute atomic E-state index is 11.7. The average molecular weight is 472 g/mol. The summed E-state index contributed by atoms with van der Waals surface area (Å²) in [5.74, 6) is 0. The van der Waals surface area contributed by atoms with Crippen LogP contribution in [0, 0.1) is 0 Å². The average Bonchev–Trinajstić information content (AvgIpc) is 3.17. The first-order valence-corrected chi connectivity index (χ1v) is 14.0. The summed E-state index contributed by atoms with van der Waals surface area (Å²) in [6.45, 7) is 13.1. The molecule has 0 amide bonds. The second-order valence-electron chi connectivity index (χ2n) is 9.69. The molecule has 35 heavy (non-hydrogen) atoms. The van der Waals surface area contributed by atoms with E-state index < -0.39 is 0 Å². The molecular weight excluding hydrogens is 426 g/mol. The molecular formula is C32H45N3. The summed E-state index contributed by atoms with van der Waals surface area (Å²) in [5.41, 5.74) is 21.1. The minimum Gasteiger partial charge on any atom is -0.493 e. The molecule has 0 atom stereocenters. The highest BCUT2D eigenvalue weighted by molar-refractivity contribution is 5.82. The molecule has 0 aromatic heterocycles. The number of benzene rings is 2. The first kappa shape index (κ1) is 26.9. The van der Waals surface area contributed by atoms with Gasteiger partial charge in [0, 0.05) is 41.1 Å². The molecule has 0 N–H and O–H groups in total. The zero-order chi connectivity index (χ0) is 25.2. The van der Waals surface area contributed by atoms with Gasteiger partial charge in [0.15, 0.2) is 0 Å². The van der Waals surface area contributed by atoms with Gasteiger partial charge in [0.05, 0.1) is 0 Å². The molecule has 1 heterocycles. The van der Waals surface area contributed by atoms with Crippen molar-refractivity contribution in [2.45, 2.75) is 92.4 Å². The number of hydrogen-bond acceptors (Lipinski definition) is 1. The van der Waals surface area contributed by atoms with Gasteiger partial charge in [-0.3, -0.25) is 0 Å². The first-order chi connectivity index (χ1) is 17.1. The van der Waals surface area contributed by atoms with E-state index in [9.17, 15) is 5.53 Å². The second kappa shape index (κ2) is 13.4. The highest BCUT2D eigenvalue weighted by Gasteiger charge is 2.35. The van der Waals surface area contributed by atoms with Crippen molar-refractivity contribution in [3.05, 3.63) is 81.9 Å². The third kappa shape index (κ3) is 6.31. The van der Waals surface area contributed by atoms with Crippen molar-refractivity contribution < 1.29 is 4.70 Å². The zero-order valence-corrected chi connectivity index (χ0v) is 22.7. The largest absolute Gasteiger partial charge is 0.493 e. The molecule has 1 aliphatic heterocycles. The van der Waals surface area contributed by atoms with Crippen LogP contribution in [0.2, 0.25) is 0 Å². The van der Waals surface area contributed by atoms with Gasteiger partial charge in [-0.2, -0.15) is 0 Å². The smallest absolute Gasteiger partial charge is 0.211 e. The Morgan fingerprint density at radius 3 is 1.46 bits per heavy atom. The summed E-state index contributed by atoms with van der Waals surface area (Å²) in [6, 6.07) is 17.7. The number of aryl methyl sites for hydroxylation is 1. The van der Waals surface area contributed by atoms with Crippen LogP contribution in [0.25, 0.3) is 16.9 Å². The van der Waals surface area contributed by atoms with Gasteiger partial charge in [0.2, 0.25) is 11.4 Å². The van der Waals surface area contributed by atoms with E-state index in [0.717, 1.165) is 80.6 Å². The van der Waals surface area contributed by atoms with Gasteiger partial charge >= 0.3 is 0 Å². The van der Waals surface area contributed by atoms with E-state index in [1.807, 2.05) is 0 Å². The van der Waals surface area contributed by atoms with Gasteiger partial charge in [0.1, 0.15) is 0 Å². The van der Waals surface area contributed by atoms with E-state index in [-0.39, 0.29) is 0 Å². The van der Waals surface area contributed by atoms with E-state index >= 15 is 0 Å². The van der Waals surface area contributed by atoms with E-state index in [4.69, 9.17) is 0 Å². The first-order valence-electron chi connectivity index (χ1n) is 14.0. The third-order valence-corrected chi connectivity index (χ3v) is 7.24. The lowest BCUT2D eigenvalue weighted by Crippen LogP contribution is -2.21. The topological polar surface area (TPSA) is 28.6 Å². The van der Waals surface area contributed by atoms with Crippen molar-refractivity contribution in [2.75, 3.05) is 18.0 Å². The molecule has 0 aliphatic carbocycles. The standard InChI is InChI=1S/C32H45N3/c1-6-11-14-25-17-19-26(20-18-25)31-29(15-12-7-2)30(16-13-8-3)32(35(31)33)27-21-23-28(24-22-27)34(9-4)10-5/h17-24H,6-16H2,1-5H3. The van der Waals surface area contributed by atoms with Gasteiger partial charge in [0.25, 0.3) is 0 Å². The lowest BCUT2D eigenvalue weighted by molar-refractivity contribution is -0.345. The van der Waals surface area contributed by atoms with E-state index in [1.54, 1.807) is 0 Å². The lowest BCUT2D eigenvalue weighted by atomic mass is 9.92. The Balaban J connectivity index is 2.05. The van der Waals surface area contributed by atoms with Crippen molar-refractivity contribution in [1.82, 2.24) is 0 Å². The lowest BCUT2D eigenvalue weighted by Gasteiger charge is -2.21. The van der Waals surface area contributed by atoms with Gasteiger partial charge in [-0.25, -0.2) is 4.70 Å². The van der Waals surface area contributed by atoms with Crippen LogP contribution in [0.5, 0.6) is 0 Å². The van der Waals surface area contributed by atoms with Crippen molar-refractivity contribution >= 4 is 17.1 Å². The fourth-order valence-electron chi connectivity index (χ4n) is 5.12. The number of hydrogen-bond donors (Lipinski definition) is 0. The second-order valence-corrected chi connectivity index (χ2v) is 9.69. The molecule has 3 nitrogen and oxygen atoms in total. The van der Waals surface area contributed by atoms with Crippen LogP contribution in [0.4, 0.5) is 5.69 Å². The quantitative estimate of drug-likeness (QED) is 0.252. The maximum atomic E-state index is 11.7. The Kier molecular flexibility index (Phi) is 10.3. The Bertz CT molecular complexity index is 1020. The van der Waals surface area contributed by atoms with Crippen molar-refractivity contribution in [3.63, 3.8) is 0 Å². The van der Waals surface area contributed by atoms with Crippen LogP contribution in [0.1, 0.15) is 103 Å². The SMILES string of the molecule is CCCCC1=C(c2ccc(CCCC)cc2)[N+](=[N-])C(c2ccc(N(CC)CC)cc2)=C1CCCC. The molecule has 0 spiro atoms. The van der Waals surface area contributed by atoms with Gasteiger partial charge in [-0.05, 0) is 94.3 Å². The van der Waals surface area contributed by atoms with Crippen molar-refractivity contribution in [3.8, 4) is 0 Å². The fraction of sp³-hybridized carbons (Fsp3) is 0.500. The monoisotopic (exact) mass is 471 g/mol. The molecule has 3 heteroatoms. The Labute approximate surface area is 214 Å². The minimum absolute atomic E-state index is 0.973. The number of anilines is 1. The van der Waals surface area contributed by atoms with Crippen LogP contribution in [0.3, 0.4) is 0 Å². The van der Waals surface area contributed by atoms with Gasteiger partial charge < -0.3 is 10.4 Å². The summed E-state index contributed by atoms with van der Waals surface area (Å²) in [4.78, 5) is 2.36. The van der Waals surface area contributed by atoms with E-state index in [2.05, 4.69) is 88.0 Å². The molecule has 0 saturated carbocycles. The van der Waals surface area contributed by atoms with Gasteiger partial charge in [-0.15, -0.1) is 0 Å². The van der Waals surface area contributed by atoms with Crippen molar-refractivity contribution in [1.29, 1.82) is 0 Å². The predicted octanol–water partition coefficient (Wildman–Crippen LogP) is 9.43. The van der Waals surface area contributed by atoms with Crippen LogP contribution in [-0.2, 0) is 6.42 Å². The summed E-state index contributed by atoms with van der Waals surface area (Å²) in [5, 5.41) is 0. The number of nitrogens with zero attached hydrogens (tertiary/aromatic N) is 3. The third-order valence-electron chi connectivity index (χ3n) is 7.24. The summed E-state index contributed by atoms with van der Waals surface area (Å²) >= 11 is 0. The fourth-order valence-corrected chi connectivity index (χ4v) is 5.12. The predicted molar refractivity (Wildman–Crippen MR) is 152 cm³/mol. The molecule has 0 fully saturated rings. The summed E-state index contributed by atoms with van der Waals surface area (Å²) < 4.78 is 1.50. The van der Waals surface area contributed by atoms with Crippen LogP contribution in [-0.4, -0.2) is 17.8 Å². The van der Waals surface area contributed by atoms with Crippen LogP contribution in [0.15, 0.2) is 59.7 Å². The highest BCUT2D eigenvalue weighted by Crippen LogP contribution is 2.44. The Hall–Kier alpha value is -2.68. The van der Waals surface area contributed by atoms with Crippen LogP contribution >= 0.6 is 0 Å². The molecule has 0 radical (unpaired) electrons. The number of rotatable bonds is 14. The van der Waals surface area contributed by atoms with Crippen molar-refractivity contribution in [2.24, 2.45) is 0 Å². The maximum Gasteiger partial charge on any atom is 0.211 e.